The third-order valence-electron chi connectivity index (χ3n) is 4.72. The minimum Gasteiger partial charge on any atom is -0.507 e. The fourth-order valence-corrected chi connectivity index (χ4v) is 3.33. The molecule has 0 bridgehead atoms. The second-order valence-corrected chi connectivity index (χ2v) is 7.99. The van der Waals surface area contributed by atoms with Crippen molar-refractivity contribution in [1.29, 1.82) is 0 Å². The van der Waals surface area contributed by atoms with Gasteiger partial charge >= 0.3 is 5.97 Å². The number of nitrogens with one attached hydrogen (secondary N) is 2. The van der Waals surface area contributed by atoms with Gasteiger partial charge < -0.3 is 19.9 Å². The number of hydrazone groups is 1. The molecule has 13 heteroatoms. The van der Waals surface area contributed by atoms with Crippen molar-refractivity contribution < 1.29 is 24.1 Å². The standard InChI is InChI=1S/C22H14BrN7O5/c23-12-2-4-13(5-3-12)25-18-19(27-21-20(26-18)29-35-30-21)28-24-10-14-6-8-17(34-14)11-1-7-16(31)15(9-11)22(32)33/h1-10,31H,(H,32,33)(H,25,26,29)(H,27,28,30). The Balaban J connectivity index is 1.37. The molecule has 0 atom stereocenters. The highest BCUT2D eigenvalue weighted by atomic mass is 79.9. The molecule has 0 radical (unpaired) electrons. The molecule has 0 fully saturated rings. The van der Waals surface area contributed by atoms with Crippen LogP contribution in [0.15, 0.2) is 73.2 Å². The minimum absolute atomic E-state index is 0.200. The van der Waals surface area contributed by atoms with Crippen molar-refractivity contribution in [2.24, 2.45) is 5.10 Å². The lowest BCUT2D eigenvalue weighted by Crippen LogP contribution is -2.03. The lowest BCUT2D eigenvalue weighted by Gasteiger charge is -2.09. The molecule has 3 heterocycles. The Bertz CT molecular complexity index is 1560. The van der Waals surface area contributed by atoms with E-state index >= 15 is 0 Å². The maximum Gasteiger partial charge on any atom is 0.339 e. The molecule has 0 saturated carbocycles. The first-order valence-corrected chi connectivity index (χ1v) is 10.7. The van der Waals surface area contributed by atoms with E-state index in [-0.39, 0.29) is 28.4 Å². The molecule has 0 amide bonds. The van der Waals surface area contributed by atoms with Gasteiger partial charge in [0.05, 0.1) is 6.21 Å². The van der Waals surface area contributed by atoms with Gasteiger partial charge in [0.2, 0.25) is 11.3 Å². The van der Waals surface area contributed by atoms with Gasteiger partial charge in [0, 0.05) is 15.7 Å². The number of fused-ring (bicyclic) bond motifs is 1. The fourth-order valence-electron chi connectivity index (χ4n) is 3.07. The van der Waals surface area contributed by atoms with Crippen LogP contribution < -0.4 is 10.7 Å². The first kappa shape index (κ1) is 22.0. The number of rotatable bonds is 7. The average molecular weight is 536 g/mol. The number of aromatic nitrogens is 4. The second kappa shape index (κ2) is 9.23. The molecule has 5 aromatic rings. The van der Waals surface area contributed by atoms with Crippen LogP contribution in [0.3, 0.4) is 0 Å². The van der Waals surface area contributed by atoms with Crippen LogP contribution in [0.25, 0.3) is 22.6 Å². The average Bonchev–Trinajstić information content (AvgIpc) is 3.50. The van der Waals surface area contributed by atoms with Crippen LogP contribution in [0.5, 0.6) is 5.75 Å². The van der Waals surface area contributed by atoms with Crippen LogP contribution in [0.2, 0.25) is 0 Å². The number of anilines is 3. The number of aromatic carboxylic acids is 1. The smallest absolute Gasteiger partial charge is 0.339 e. The summed E-state index contributed by atoms with van der Waals surface area (Å²) in [5.41, 5.74) is 4.25. The maximum atomic E-state index is 11.3. The number of benzene rings is 2. The highest BCUT2D eigenvalue weighted by molar-refractivity contribution is 9.10. The third kappa shape index (κ3) is 4.79. The summed E-state index contributed by atoms with van der Waals surface area (Å²) >= 11 is 3.39. The van der Waals surface area contributed by atoms with E-state index in [1.165, 1.54) is 18.3 Å². The monoisotopic (exact) mass is 535 g/mol. The van der Waals surface area contributed by atoms with E-state index in [1.54, 1.807) is 18.2 Å². The van der Waals surface area contributed by atoms with Gasteiger partial charge in [-0.15, -0.1) is 0 Å². The molecule has 4 N–H and O–H groups in total. The Hall–Kier alpha value is -4.78. The number of hydrogen-bond acceptors (Lipinski definition) is 11. The summed E-state index contributed by atoms with van der Waals surface area (Å²) in [5.74, 6) is -0.165. The SMILES string of the molecule is O=C(O)c1cc(-c2ccc(C=NNc3nc4nonc4nc3Nc3ccc(Br)cc3)o2)ccc1O. The highest BCUT2D eigenvalue weighted by Crippen LogP contribution is 2.28. The van der Waals surface area contributed by atoms with Crippen LogP contribution in [0, 0.1) is 0 Å². The number of carboxylic acids is 1. The Kier molecular flexibility index (Phi) is 5.81. The summed E-state index contributed by atoms with van der Waals surface area (Å²) in [6.07, 6.45) is 1.42. The summed E-state index contributed by atoms with van der Waals surface area (Å²) in [4.78, 5) is 20.0. The van der Waals surface area contributed by atoms with Crippen LogP contribution in [0.4, 0.5) is 17.3 Å². The molecule has 0 aliphatic heterocycles. The number of aromatic hydroxyl groups is 1. The zero-order valence-electron chi connectivity index (χ0n) is 17.5. The number of halogens is 1. The molecule has 35 heavy (non-hydrogen) atoms. The van der Waals surface area contributed by atoms with E-state index in [0.717, 1.165) is 10.2 Å². The van der Waals surface area contributed by atoms with Crippen LogP contribution in [0.1, 0.15) is 16.1 Å². The van der Waals surface area contributed by atoms with E-state index in [4.69, 9.17) is 9.05 Å². The zero-order chi connectivity index (χ0) is 24.4. The highest BCUT2D eigenvalue weighted by Gasteiger charge is 2.14. The minimum atomic E-state index is -1.24. The van der Waals surface area contributed by atoms with E-state index in [1.807, 2.05) is 24.3 Å². The number of carbonyl (C=O) groups is 1. The van der Waals surface area contributed by atoms with Crippen molar-refractivity contribution in [3.05, 3.63) is 70.4 Å². The first-order valence-electron chi connectivity index (χ1n) is 9.95. The van der Waals surface area contributed by atoms with Gasteiger partial charge in [-0.05, 0) is 64.9 Å². The van der Waals surface area contributed by atoms with Crippen LogP contribution in [-0.4, -0.2) is 42.7 Å². The Labute approximate surface area is 204 Å². The Morgan fingerprint density at radius 3 is 2.49 bits per heavy atom. The van der Waals surface area contributed by atoms with Crippen molar-refractivity contribution in [3.63, 3.8) is 0 Å². The largest absolute Gasteiger partial charge is 0.507 e. The molecule has 5 rings (SSSR count). The molecular weight excluding hydrogens is 522 g/mol. The van der Waals surface area contributed by atoms with Gasteiger partial charge in [-0.2, -0.15) is 10.1 Å². The lowest BCUT2D eigenvalue weighted by molar-refractivity contribution is 0.0694. The van der Waals surface area contributed by atoms with Crippen LogP contribution >= 0.6 is 15.9 Å². The first-order chi connectivity index (χ1) is 17.0. The predicted molar refractivity (Wildman–Crippen MR) is 129 cm³/mol. The number of phenols is 1. The molecule has 0 spiro atoms. The molecular formula is C22H14BrN7O5. The van der Waals surface area contributed by atoms with Crippen molar-refractivity contribution in [2.45, 2.75) is 0 Å². The van der Waals surface area contributed by atoms with Gasteiger partial charge in [0.1, 0.15) is 22.8 Å². The zero-order valence-corrected chi connectivity index (χ0v) is 19.1. The van der Waals surface area contributed by atoms with Crippen molar-refractivity contribution in [3.8, 4) is 17.1 Å². The molecule has 0 aliphatic carbocycles. The predicted octanol–water partition coefficient (Wildman–Crippen LogP) is 4.63. The third-order valence-corrected chi connectivity index (χ3v) is 5.25. The van der Waals surface area contributed by atoms with Crippen molar-refractivity contribution in [2.75, 3.05) is 10.7 Å². The topological polar surface area (TPSA) is 172 Å². The quantitative estimate of drug-likeness (QED) is 0.169. The molecule has 12 nitrogen and oxygen atoms in total. The van der Waals surface area contributed by atoms with Gasteiger partial charge in [-0.3, -0.25) is 5.43 Å². The van der Waals surface area contributed by atoms with E-state index in [2.05, 4.69) is 52.1 Å². The molecule has 174 valence electrons. The summed E-state index contributed by atoms with van der Waals surface area (Å²) in [6, 6.07) is 14.9. The molecule has 2 aromatic carbocycles. The van der Waals surface area contributed by atoms with Crippen molar-refractivity contribution in [1.82, 2.24) is 20.3 Å². The lowest BCUT2D eigenvalue weighted by atomic mass is 10.1. The van der Waals surface area contributed by atoms with Gasteiger partial charge in [0.25, 0.3) is 0 Å². The number of nitrogens with zero attached hydrogens (tertiary/aromatic N) is 5. The van der Waals surface area contributed by atoms with E-state index < -0.39 is 5.97 Å². The molecule has 0 aliphatic rings. The summed E-state index contributed by atoms with van der Waals surface area (Å²) in [5, 5.41) is 33.6. The number of hydrogen-bond donors (Lipinski definition) is 4. The Morgan fingerprint density at radius 2 is 1.74 bits per heavy atom. The van der Waals surface area contributed by atoms with Gasteiger partial charge in [-0.1, -0.05) is 15.9 Å². The van der Waals surface area contributed by atoms with Crippen LogP contribution in [-0.2, 0) is 0 Å². The summed E-state index contributed by atoms with van der Waals surface area (Å²) in [7, 11) is 0. The second-order valence-electron chi connectivity index (χ2n) is 7.07. The molecule has 0 unspecified atom stereocenters. The van der Waals surface area contributed by atoms with Gasteiger partial charge in [-0.25, -0.2) is 14.4 Å². The maximum absolute atomic E-state index is 11.3. The normalized spacial score (nSPS) is 11.2. The summed E-state index contributed by atoms with van der Waals surface area (Å²) < 4.78 is 11.3. The number of furan rings is 1. The van der Waals surface area contributed by atoms with Crippen molar-refractivity contribution >= 4 is 56.7 Å². The van der Waals surface area contributed by atoms with Gasteiger partial charge in [0.15, 0.2) is 11.6 Å². The fraction of sp³-hybridized carbons (Fsp3) is 0. The molecule has 0 saturated heterocycles. The summed E-state index contributed by atoms with van der Waals surface area (Å²) in [6.45, 7) is 0. The van der Waals surface area contributed by atoms with E-state index in [9.17, 15) is 15.0 Å². The Morgan fingerprint density at radius 1 is 1.00 bits per heavy atom. The molecule has 3 aromatic heterocycles. The van der Waals surface area contributed by atoms with E-state index in [0.29, 0.717) is 22.9 Å². The number of carboxylic acid groups (broad SMARTS) is 1.